The van der Waals surface area contributed by atoms with Gasteiger partial charge in [0.2, 0.25) is 0 Å². The summed E-state index contributed by atoms with van der Waals surface area (Å²) in [5.74, 6) is -0.387. The molecule has 0 aliphatic carbocycles. The van der Waals surface area contributed by atoms with E-state index in [2.05, 4.69) is 9.80 Å². The molecular formula is C16H23FN4. The first-order valence-electron chi connectivity index (χ1n) is 7.72. The summed E-state index contributed by atoms with van der Waals surface area (Å²) < 4.78 is 13.6. The van der Waals surface area contributed by atoms with Crippen molar-refractivity contribution in [2.45, 2.75) is 31.8 Å². The third kappa shape index (κ3) is 3.41. The van der Waals surface area contributed by atoms with Gasteiger partial charge in [0.25, 0.3) is 0 Å². The molecule has 2 heterocycles. The van der Waals surface area contributed by atoms with Crippen molar-refractivity contribution >= 4 is 5.84 Å². The number of amidine groups is 1. The van der Waals surface area contributed by atoms with Gasteiger partial charge in [-0.15, -0.1) is 0 Å². The Morgan fingerprint density at radius 1 is 1.24 bits per heavy atom. The van der Waals surface area contributed by atoms with Gasteiger partial charge in [-0.3, -0.25) is 15.2 Å². The molecule has 2 aliphatic heterocycles. The fourth-order valence-electron chi connectivity index (χ4n) is 3.52. The van der Waals surface area contributed by atoms with E-state index in [1.807, 2.05) is 6.07 Å². The molecule has 0 bridgehead atoms. The van der Waals surface area contributed by atoms with Crippen molar-refractivity contribution in [2.75, 3.05) is 26.2 Å². The third-order valence-corrected chi connectivity index (χ3v) is 4.60. The van der Waals surface area contributed by atoms with Crippen molar-refractivity contribution in [3.05, 3.63) is 35.1 Å². The Morgan fingerprint density at radius 2 is 2.10 bits per heavy atom. The van der Waals surface area contributed by atoms with E-state index >= 15 is 0 Å². The second kappa shape index (κ2) is 6.12. The van der Waals surface area contributed by atoms with Gasteiger partial charge >= 0.3 is 0 Å². The minimum absolute atomic E-state index is 0.0761. The van der Waals surface area contributed by atoms with Gasteiger partial charge in [0, 0.05) is 37.8 Å². The van der Waals surface area contributed by atoms with Crippen molar-refractivity contribution < 1.29 is 4.39 Å². The molecule has 5 heteroatoms. The van der Waals surface area contributed by atoms with Gasteiger partial charge in [-0.2, -0.15) is 0 Å². The summed E-state index contributed by atoms with van der Waals surface area (Å²) in [7, 11) is 0. The summed E-state index contributed by atoms with van der Waals surface area (Å²) >= 11 is 0. The van der Waals surface area contributed by atoms with Crippen LogP contribution in [0.4, 0.5) is 4.39 Å². The quantitative estimate of drug-likeness (QED) is 0.659. The van der Waals surface area contributed by atoms with E-state index in [1.165, 1.54) is 31.9 Å². The van der Waals surface area contributed by atoms with Crippen LogP contribution >= 0.6 is 0 Å². The highest BCUT2D eigenvalue weighted by Gasteiger charge is 2.28. The smallest absolute Gasteiger partial charge is 0.124 e. The average Bonchev–Trinajstić information content (AvgIpc) is 2.46. The molecule has 2 saturated heterocycles. The molecule has 21 heavy (non-hydrogen) atoms. The summed E-state index contributed by atoms with van der Waals surface area (Å²) in [6.07, 6.45) is 3.92. The Labute approximate surface area is 125 Å². The maximum absolute atomic E-state index is 13.6. The molecule has 114 valence electrons. The number of benzene rings is 1. The molecule has 0 amide bonds. The summed E-state index contributed by atoms with van der Waals surface area (Å²) in [5.41, 5.74) is 6.85. The van der Waals surface area contributed by atoms with Gasteiger partial charge in [-0.25, -0.2) is 4.39 Å². The minimum atomic E-state index is -0.311. The minimum Gasteiger partial charge on any atom is -0.384 e. The van der Waals surface area contributed by atoms with Crippen LogP contribution in [0.15, 0.2) is 18.2 Å². The Bertz CT molecular complexity index is 531. The highest BCUT2D eigenvalue weighted by atomic mass is 19.1. The van der Waals surface area contributed by atoms with E-state index in [9.17, 15) is 4.39 Å². The second-order valence-corrected chi connectivity index (χ2v) is 6.18. The molecule has 1 atom stereocenters. The van der Waals surface area contributed by atoms with E-state index < -0.39 is 0 Å². The lowest BCUT2D eigenvalue weighted by molar-refractivity contribution is 0.0456. The molecule has 3 rings (SSSR count). The van der Waals surface area contributed by atoms with Crippen LogP contribution in [-0.2, 0) is 6.54 Å². The number of hydrogen-bond donors (Lipinski definition) is 2. The zero-order chi connectivity index (χ0) is 14.8. The highest BCUT2D eigenvalue weighted by molar-refractivity contribution is 5.95. The zero-order valence-electron chi connectivity index (χ0n) is 12.3. The number of piperazine rings is 1. The van der Waals surface area contributed by atoms with E-state index in [4.69, 9.17) is 11.1 Å². The largest absolute Gasteiger partial charge is 0.384 e. The Balaban J connectivity index is 1.68. The molecule has 0 saturated carbocycles. The topological polar surface area (TPSA) is 56.4 Å². The fourth-order valence-corrected chi connectivity index (χ4v) is 3.52. The van der Waals surface area contributed by atoms with Crippen LogP contribution in [0.1, 0.15) is 30.4 Å². The number of nitrogens with one attached hydrogen (secondary N) is 1. The lowest BCUT2D eigenvalue weighted by Gasteiger charge is -2.44. The van der Waals surface area contributed by atoms with Crippen LogP contribution < -0.4 is 5.73 Å². The maximum atomic E-state index is 13.6. The Kier molecular flexibility index (Phi) is 4.22. The normalized spacial score (nSPS) is 23.8. The van der Waals surface area contributed by atoms with E-state index in [0.717, 1.165) is 31.7 Å². The molecule has 0 spiro atoms. The van der Waals surface area contributed by atoms with E-state index in [0.29, 0.717) is 11.6 Å². The van der Waals surface area contributed by atoms with Crippen molar-refractivity contribution in [1.29, 1.82) is 5.41 Å². The summed E-state index contributed by atoms with van der Waals surface area (Å²) in [5, 5.41) is 7.46. The van der Waals surface area contributed by atoms with Gasteiger partial charge in [-0.05, 0) is 43.1 Å². The molecule has 2 aliphatic rings. The molecular weight excluding hydrogens is 267 g/mol. The number of rotatable bonds is 3. The second-order valence-electron chi connectivity index (χ2n) is 6.18. The highest BCUT2D eigenvalue weighted by Crippen LogP contribution is 2.22. The fraction of sp³-hybridized carbons (Fsp3) is 0.562. The Morgan fingerprint density at radius 3 is 2.90 bits per heavy atom. The van der Waals surface area contributed by atoms with Gasteiger partial charge in [-0.1, -0.05) is 6.42 Å². The van der Waals surface area contributed by atoms with Crippen LogP contribution in [0.5, 0.6) is 0 Å². The monoisotopic (exact) mass is 290 g/mol. The van der Waals surface area contributed by atoms with E-state index in [-0.39, 0.29) is 11.7 Å². The van der Waals surface area contributed by atoms with Gasteiger partial charge in [0.05, 0.1) is 0 Å². The number of hydrogen-bond acceptors (Lipinski definition) is 3. The lowest BCUT2D eigenvalue weighted by atomic mass is 9.99. The van der Waals surface area contributed by atoms with Gasteiger partial charge in [0.1, 0.15) is 11.7 Å². The van der Waals surface area contributed by atoms with Crippen LogP contribution in [0, 0.1) is 11.2 Å². The lowest BCUT2D eigenvalue weighted by Crippen LogP contribution is -2.54. The summed E-state index contributed by atoms with van der Waals surface area (Å²) in [4.78, 5) is 4.98. The molecule has 3 N–H and O–H groups in total. The molecule has 1 unspecified atom stereocenters. The molecule has 1 aromatic rings. The van der Waals surface area contributed by atoms with Crippen molar-refractivity contribution in [3.8, 4) is 0 Å². The average molecular weight is 290 g/mol. The molecule has 1 aromatic carbocycles. The van der Waals surface area contributed by atoms with Crippen LogP contribution in [-0.4, -0.2) is 47.9 Å². The van der Waals surface area contributed by atoms with Crippen molar-refractivity contribution in [3.63, 3.8) is 0 Å². The van der Waals surface area contributed by atoms with Crippen LogP contribution in [0.25, 0.3) is 0 Å². The summed E-state index contributed by atoms with van der Waals surface area (Å²) in [6.45, 7) is 5.17. The first-order valence-corrected chi connectivity index (χ1v) is 7.72. The zero-order valence-corrected chi connectivity index (χ0v) is 12.3. The first-order chi connectivity index (χ1) is 10.1. The van der Waals surface area contributed by atoms with Crippen LogP contribution in [0.2, 0.25) is 0 Å². The number of halogens is 1. The van der Waals surface area contributed by atoms with Crippen molar-refractivity contribution in [2.24, 2.45) is 5.73 Å². The third-order valence-electron chi connectivity index (χ3n) is 4.60. The van der Waals surface area contributed by atoms with Crippen LogP contribution in [0.3, 0.4) is 0 Å². The standard InChI is InChI=1S/C16H23FN4/c17-14-8-12(7-13(9-14)16(18)19)10-20-5-6-21-4-2-1-3-15(21)11-20/h7-9,15H,1-6,10-11H2,(H3,18,19). The van der Waals surface area contributed by atoms with E-state index in [1.54, 1.807) is 6.07 Å². The Hall–Kier alpha value is -1.46. The van der Waals surface area contributed by atoms with Gasteiger partial charge < -0.3 is 5.73 Å². The number of nitrogen functional groups attached to an aromatic ring is 1. The maximum Gasteiger partial charge on any atom is 0.124 e. The number of nitrogens with two attached hydrogens (primary N) is 1. The predicted molar refractivity (Wildman–Crippen MR) is 81.9 cm³/mol. The SMILES string of the molecule is N=C(N)c1cc(F)cc(CN2CCN3CCCCC3C2)c1. The van der Waals surface area contributed by atoms with Crippen molar-refractivity contribution in [1.82, 2.24) is 9.80 Å². The summed E-state index contributed by atoms with van der Waals surface area (Å²) in [6, 6.07) is 5.37. The molecule has 4 nitrogen and oxygen atoms in total. The first kappa shape index (κ1) is 14.5. The molecule has 0 aromatic heterocycles. The number of nitrogens with zero attached hydrogens (tertiary/aromatic N) is 2. The molecule has 2 fully saturated rings. The number of fused-ring (bicyclic) bond motifs is 1. The van der Waals surface area contributed by atoms with Gasteiger partial charge in [0.15, 0.2) is 0 Å². The number of piperidine rings is 1. The molecule has 0 radical (unpaired) electrons. The predicted octanol–water partition coefficient (Wildman–Crippen LogP) is 1.78.